The Morgan fingerprint density at radius 3 is 2.81 bits per heavy atom. The molecule has 2 rings (SSSR count). The molecule has 16 heavy (non-hydrogen) atoms. The zero-order valence-electron chi connectivity index (χ0n) is 8.46. The van der Waals surface area contributed by atoms with Gasteiger partial charge in [-0.1, -0.05) is 0 Å². The van der Waals surface area contributed by atoms with Crippen molar-refractivity contribution < 1.29 is 13.6 Å². The van der Waals surface area contributed by atoms with Crippen LogP contribution in [0.1, 0.15) is 0 Å². The lowest BCUT2D eigenvalue weighted by atomic mass is 10.2. The fourth-order valence-electron chi connectivity index (χ4n) is 1.68. The molecule has 0 unspecified atom stereocenters. The lowest BCUT2D eigenvalue weighted by Crippen LogP contribution is -2.48. The molecule has 3 N–H and O–H groups in total. The molecular weight excluding hydrogens is 216 g/mol. The minimum Gasteiger partial charge on any atom is -0.395 e. The fourth-order valence-corrected chi connectivity index (χ4v) is 1.68. The Hall–Kier alpha value is -1.85. The lowest BCUT2D eigenvalue weighted by Gasteiger charge is -2.29. The normalized spacial score (nSPS) is 16.1. The Kier molecular flexibility index (Phi) is 2.64. The number of anilines is 2. The highest BCUT2D eigenvalue weighted by Crippen LogP contribution is 2.27. The third-order valence-electron chi connectivity index (χ3n) is 2.45. The van der Waals surface area contributed by atoms with Crippen molar-refractivity contribution in [3.8, 4) is 0 Å². The van der Waals surface area contributed by atoms with E-state index in [1.165, 1.54) is 0 Å². The van der Waals surface area contributed by atoms with Gasteiger partial charge in [0.1, 0.15) is 5.82 Å². The first-order chi connectivity index (χ1) is 7.58. The Labute approximate surface area is 91.0 Å². The summed E-state index contributed by atoms with van der Waals surface area (Å²) in [5.41, 5.74) is 5.61. The maximum atomic E-state index is 13.2. The fraction of sp³-hybridized carbons (Fsp3) is 0.300. The Balaban J connectivity index is 2.35. The summed E-state index contributed by atoms with van der Waals surface area (Å²) in [6, 6.07) is 1.86. The first kappa shape index (κ1) is 10.7. The third-order valence-corrected chi connectivity index (χ3v) is 2.45. The third kappa shape index (κ3) is 1.91. The molecule has 1 aliphatic rings. The molecule has 1 fully saturated rings. The number of rotatable bonds is 1. The van der Waals surface area contributed by atoms with Gasteiger partial charge in [-0.15, -0.1) is 0 Å². The second-order valence-corrected chi connectivity index (χ2v) is 3.59. The molecular formula is C10H11F2N3O. The standard InChI is InChI=1S/C10H11F2N3O/c11-6-3-7(12)10(13)8(4-6)15-2-1-14-9(16)5-15/h3-4H,1-2,5,13H2,(H,14,16). The molecule has 0 saturated carbocycles. The number of hydrogen-bond acceptors (Lipinski definition) is 3. The van der Waals surface area contributed by atoms with Crippen LogP contribution in [-0.4, -0.2) is 25.5 Å². The summed E-state index contributed by atoms with van der Waals surface area (Å²) < 4.78 is 26.2. The molecule has 1 aromatic rings. The average molecular weight is 227 g/mol. The van der Waals surface area contributed by atoms with E-state index < -0.39 is 11.6 Å². The van der Waals surface area contributed by atoms with Crippen molar-refractivity contribution in [3.05, 3.63) is 23.8 Å². The van der Waals surface area contributed by atoms with E-state index in [4.69, 9.17) is 5.73 Å². The second kappa shape index (κ2) is 3.96. The van der Waals surface area contributed by atoms with Crippen LogP contribution >= 0.6 is 0 Å². The number of nitrogens with two attached hydrogens (primary N) is 1. The number of amides is 1. The zero-order chi connectivity index (χ0) is 11.7. The number of nitrogens with zero attached hydrogens (tertiary/aromatic N) is 1. The van der Waals surface area contributed by atoms with Gasteiger partial charge in [0, 0.05) is 19.2 Å². The van der Waals surface area contributed by atoms with Gasteiger partial charge in [0.2, 0.25) is 5.91 Å². The average Bonchev–Trinajstić information content (AvgIpc) is 2.23. The molecule has 1 amide bonds. The number of carbonyl (C=O) groups is 1. The molecule has 0 aromatic heterocycles. The smallest absolute Gasteiger partial charge is 0.239 e. The van der Waals surface area contributed by atoms with Gasteiger partial charge >= 0.3 is 0 Å². The summed E-state index contributed by atoms with van der Waals surface area (Å²) in [6.45, 7) is 0.988. The van der Waals surface area contributed by atoms with Gasteiger partial charge in [0.25, 0.3) is 0 Å². The molecule has 1 heterocycles. The largest absolute Gasteiger partial charge is 0.395 e. The number of carbonyl (C=O) groups excluding carboxylic acids is 1. The van der Waals surface area contributed by atoms with Crippen molar-refractivity contribution in [2.75, 3.05) is 30.3 Å². The minimum absolute atomic E-state index is 0.0626. The van der Waals surface area contributed by atoms with Gasteiger partial charge in [-0.3, -0.25) is 4.79 Å². The Morgan fingerprint density at radius 1 is 1.38 bits per heavy atom. The molecule has 4 nitrogen and oxygen atoms in total. The summed E-state index contributed by atoms with van der Waals surface area (Å²) in [4.78, 5) is 12.7. The predicted octanol–water partition coefficient (Wildman–Crippen LogP) is 0.483. The van der Waals surface area contributed by atoms with Gasteiger partial charge in [-0.05, 0) is 6.07 Å². The van der Waals surface area contributed by atoms with E-state index in [0.717, 1.165) is 12.1 Å². The first-order valence-electron chi connectivity index (χ1n) is 4.84. The van der Waals surface area contributed by atoms with Crippen LogP contribution in [0, 0.1) is 11.6 Å². The van der Waals surface area contributed by atoms with Gasteiger partial charge in [0.05, 0.1) is 17.9 Å². The highest BCUT2D eigenvalue weighted by atomic mass is 19.1. The van der Waals surface area contributed by atoms with E-state index in [9.17, 15) is 13.6 Å². The van der Waals surface area contributed by atoms with Crippen LogP contribution in [0.5, 0.6) is 0 Å². The topological polar surface area (TPSA) is 58.4 Å². The summed E-state index contributed by atoms with van der Waals surface area (Å²) in [5, 5.41) is 2.62. The van der Waals surface area contributed by atoms with Crippen molar-refractivity contribution in [1.82, 2.24) is 5.32 Å². The predicted molar refractivity (Wildman–Crippen MR) is 56.0 cm³/mol. The zero-order valence-corrected chi connectivity index (χ0v) is 8.46. The van der Waals surface area contributed by atoms with Crippen LogP contribution in [-0.2, 0) is 4.79 Å². The van der Waals surface area contributed by atoms with Gasteiger partial charge in [-0.25, -0.2) is 8.78 Å². The number of nitrogens with one attached hydrogen (secondary N) is 1. The van der Waals surface area contributed by atoms with Crippen molar-refractivity contribution in [2.24, 2.45) is 0 Å². The second-order valence-electron chi connectivity index (χ2n) is 3.59. The van der Waals surface area contributed by atoms with E-state index in [1.54, 1.807) is 4.90 Å². The minimum atomic E-state index is -0.805. The van der Waals surface area contributed by atoms with Crippen molar-refractivity contribution >= 4 is 17.3 Å². The molecule has 6 heteroatoms. The van der Waals surface area contributed by atoms with Crippen LogP contribution < -0.4 is 16.0 Å². The van der Waals surface area contributed by atoms with Crippen LogP contribution in [0.25, 0.3) is 0 Å². The van der Waals surface area contributed by atoms with Crippen LogP contribution in [0.4, 0.5) is 20.2 Å². The number of nitrogen functional groups attached to an aromatic ring is 1. The lowest BCUT2D eigenvalue weighted by molar-refractivity contribution is -0.120. The van der Waals surface area contributed by atoms with E-state index >= 15 is 0 Å². The monoisotopic (exact) mass is 227 g/mol. The first-order valence-corrected chi connectivity index (χ1v) is 4.84. The molecule has 1 aromatic carbocycles. The quantitative estimate of drug-likeness (QED) is 0.686. The van der Waals surface area contributed by atoms with E-state index in [2.05, 4.69) is 5.32 Å². The summed E-state index contributed by atoms with van der Waals surface area (Å²) in [5.74, 6) is -1.69. The number of hydrogen-bond donors (Lipinski definition) is 2. The van der Waals surface area contributed by atoms with Gasteiger partial charge in [0.15, 0.2) is 5.82 Å². The number of halogens is 2. The molecule has 1 aliphatic heterocycles. The maximum absolute atomic E-state index is 13.2. The maximum Gasteiger partial charge on any atom is 0.239 e. The van der Waals surface area contributed by atoms with Gasteiger partial charge in [-0.2, -0.15) is 0 Å². The summed E-state index contributed by atoms with van der Waals surface area (Å²) >= 11 is 0. The van der Waals surface area contributed by atoms with Crippen LogP contribution in [0.3, 0.4) is 0 Å². The molecule has 0 radical (unpaired) electrons. The number of benzene rings is 1. The molecule has 0 aliphatic carbocycles. The summed E-state index contributed by atoms with van der Waals surface area (Å²) in [6.07, 6.45) is 0. The van der Waals surface area contributed by atoms with E-state index in [1.807, 2.05) is 0 Å². The highest BCUT2D eigenvalue weighted by Gasteiger charge is 2.20. The van der Waals surface area contributed by atoms with Crippen LogP contribution in [0.2, 0.25) is 0 Å². The Morgan fingerprint density at radius 2 is 2.12 bits per heavy atom. The molecule has 1 saturated heterocycles. The van der Waals surface area contributed by atoms with Crippen molar-refractivity contribution in [2.45, 2.75) is 0 Å². The van der Waals surface area contributed by atoms with Crippen molar-refractivity contribution in [3.63, 3.8) is 0 Å². The molecule has 86 valence electrons. The molecule has 0 atom stereocenters. The number of piperazine rings is 1. The SMILES string of the molecule is Nc1c(F)cc(F)cc1N1CCNC(=O)C1. The van der Waals surface area contributed by atoms with Crippen LogP contribution in [0.15, 0.2) is 12.1 Å². The Bertz CT molecular complexity index is 436. The molecule has 0 spiro atoms. The molecule has 0 bridgehead atoms. The van der Waals surface area contributed by atoms with Gasteiger partial charge < -0.3 is 16.0 Å². The van der Waals surface area contributed by atoms with E-state index in [-0.39, 0.29) is 23.8 Å². The summed E-state index contributed by atoms with van der Waals surface area (Å²) in [7, 11) is 0. The van der Waals surface area contributed by atoms with Crippen molar-refractivity contribution in [1.29, 1.82) is 0 Å². The highest BCUT2D eigenvalue weighted by molar-refractivity contribution is 5.84. The van der Waals surface area contributed by atoms with E-state index in [0.29, 0.717) is 13.1 Å².